The summed E-state index contributed by atoms with van der Waals surface area (Å²) in [5, 5.41) is 311. The topological polar surface area (TPSA) is 838 Å². The first-order chi connectivity index (χ1) is 57.7. The number of hydrogen-bond acceptors (Lipinski definition) is 50. The van der Waals surface area contributed by atoms with Crippen LogP contribution in [0.3, 0.4) is 0 Å². The lowest BCUT2D eigenvalue weighted by Crippen LogP contribution is -2.71. The summed E-state index contributed by atoms with van der Waals surface area (Å²) in [6.45, 7) is -4.79. The van der Waals surface area contributed by atoms with Crippen molar-refractivity contribution < 1.29 is 247 Å². The van der Waals surface area contributed by atoms with Crippen molar-refractivity contribution in [3.63, 3.8) is 0 Å². The van der Waals surface area contributed by atoms with Gasteiger partial charge < -0.3 is 249 Å². The van der Waals surface area contributed by atoms with E-state index in [1.165, 1.54) is 6.92 Å². The maximum absolute atomic E-state index is 13.2. The minimum absolute atomic E-state index is 0.843. The van der Waals surface area contributed by atoms with Gasteiger partial charge in [0.25, 0.3) is 0 Å². The van der Waals surface area contributed by atoms with Crippen molar-refractivity contribution in [2.75, 3.05) is 59.5 Å². The zero-order valence-corrected chi connectivity index (χ0v) is 65.7. The van der Waals surface area contributed by atoms with Crippen LogP contribution in [0, 0.1) is 0 Å². The Hall–Kier alpha value is -3.96. The number of rotatable bonds is 31. The Morgan fingerprint density at radius 1 is 0.230 bits per heavy atom. The second-order valence-corrected chi connectivity index (χ2v) is 31.0. The van der Waals surface area contributed by atoms with Crippen LogP contribution >= 0.6 is 0 Å². The van der Waals surface area contributed by atoms with Crippen LogP contribution in [-0.4, -0.2) is 528 Å². The van der Waals surface area contributed by atoms with Gasteiger partial charge in [-0.2, -0.15) is 0 Å². The van der Waals surface area contributed by atoms with Crippen LogP contribution in [0.1, 0.15) is 34.6 Å². The number of nitrogens with one attached hydrogen (secondary N) is 4. The minimum Gasteiger partial charge on any atom is -0.394 e. The number of hydrogen-bond donors (Lipinski definition) is 31. The van der Waals surface area contributed by atoms with Gasteiger partial charge in [0.15, 0.2) is 62.9 Å². The van der Waals surface area contributed by atoms with Crippen LogP contribution in [0.4, 0.5) is 0 Å². The zero-order chi connectivity index (χ0) is 89.8. The Bertz CT molecular complexity index is 3290. The molecule has 0 saturated carbocycles. The van der Waals surface area contributed by atoms with Gasteiger partial charge in [-0.15, -0.1) is 0 Å². The molecule has 10 heterocycles. The third-order valence-corrected chi connectivity index (χ3v) is 22.4. The van der Waals surface area contributed by atoms with E-state index in [0.29, 0.717) is 0 Å². The van der Waals surface area contributed by atoms with E-state index in [9.17, 15) is 157 Å². The molecule has 10 fully saturated rings. The predicted molar refractivity (Wildman–Crippen MR) is 375 cm³/mol. The molecule has 10 rings (SSSR count). The van der Waals surface area contributed by atoms with Crippen molar-refractivity contribution in [2.45, 2.75) is 341 Å². The van der Waals surface area contributed by atoms with Gasteiger partial charge in [-0.1, -0.05) is 0 Å². The van der Waals surface area contributed by atoms with E-state index in [-0.39, 0.29) is 0 Å². The summed E-state index contributed by atoms with van der Waals surface area (Å²) in [5.74, 6) is -3.70. The highest BCUT2D eigenvalue weighted by Crippen LogP contribution is 2.41. The highest BCUT2D eigenvalue weighted by molar-refractivity contribution is 5.74. The summed E-state index contributed by atoms with van der Waals surface area (Å²) in [6, 6.07) is -7.58. The van der Waals surface area contributed by atoms with E-state index in [0.717, 1.165) is 27.7 Å². The van der Waals surface area contributed by atoms with E-state index >= 15 is 0 Å². The van der Waals surface area contributed by atoms with Crippen LogP contribution in [-0.2, 0) is 109 Å². The molecule has 0 aliphatic carbocycles. The molecule has 10 saturated heterocycles. The van der Waals surface area contributed by atoms with Gasteiger partial charge in [0.05, 0.1) is 65.6 Å². The quantitative estimate of drug-likeness (QED) is 0.0306. The summed E-state index contributed by atoms with van der Waals surface area (Å²) in [6.07, 6.45) is -95.4. The third kappa shape index (κ3) is 22.0. The van der Waals surface area contributed by atoms with Crippen LogP contribution in [0.25, 0.3) is 0 Å². The lowest BCUT2D eigenvalue weighted by Gasteiger charge is -2.51. The van der Waals surface area contributed by atoms with Gasteiger partial charge in [0.1, 0.15) is 238 Å². The summed E-state index contributed by atoms with van der Waals surface area (Å²) in [4.78, 5) is 51.3. The van der Waals surface area contributed by atoms with Gasteiger partial charge >= 0.3 is 0 Å². The smallest absolute Gasteiger partial charge is 0.217 e. The average molecular weight is 1790 g/mol. The van der Waals surface area contributed by atoms with Crippen LogP contribution in [0.5, 0.6) is 0 Å². The first kappa shape index (κ1) is 100. The second kappa shape index (κ2) is 43.6. The Balaban J connectivity index is 0.971. The van der Waals surface area contributed by atoms with E-state index in [4.69, 9.17) is 90.0 Å². The van der Waals surface area contributed by atoms with Crippen molar-refractivity contribution in [2.24, 2.45) is 0 Å². The largest absolute Gasteiger partial charge is 0.394 e. The molecule has 10 aliphatic rings. The fraction of sp³-hybridized carbons (Fsp3) is 0.941. The number of ether oxygens (including phenoxy) is 19. The van der Waals surface area contributed by atoms with Gasteiger partial charge in [-0.05, 0) is 6.92 Å². The maximum Gasteiger partial charge on any atom is 0.217 e. The molecule has 0 bridgehead atoms. The normalized spacial score (nSPS) is 49.7. The summed E-state index contributed by atoms with van der Waals surface area (Å²) < 4.78 is 113. The molecular weight excluding hydrogens is 1670 g/mol. The number of aliphatic hydroxyl groups is 27. The van der Waals surface area contributed by atoms with Crippen molar-refractivity contribution in [3.05, 3.63) is 0 Å². The summed E-state index contributed by atoms with van der Waals surface area (Å²) in [7, 11) is 0. The van der Waals surface area contributed by atoms with E-state index in [1.54, 1.807) is 0 Å². The molecule has 0 radical (unpaired) electrons. The lowest BCUT2D eigenvalue weighted by atomic mass is 9.93. The minimum atomic E-state index is -2.62. The molecule has 54 nitrogen and oxygen atoms in total. The first-order valence-corrected chi connectivity index (χ1v) is 39.0. The van der Waals surface area contributed by atoms with E-state index in [2.05, 4.69) is 21.3 Å². The van der Waals surface area contributed by atoms with Crippen molar-refractivity contribution in [1.82, 2.24) is 21.3 Å². The van der Waals surface area contributed by atoms with Crippen molar-refractivity contribution in [1.29, 1.82) is 0 Å². The fourth-order valence-corrected chi connectivity index (χ4v) is 15.8. The molecule has 10 aliphatic heterocycles. The van der Waals surface area contributed by atoms with Crippen molar-refractivity contribution >= 4 is 23.6 Å². The van der Waals surface area contributed by atoms with Crippen LogP contribution in [0.15, 0.2) is 0 Å². The SMILES string of the molecule is CC(=O)N[C@@H]1[C@@H](O)[C@H](O[C@@H]2O[C@H](CO)[C@@H](O[C@@H]3O[C@H](CO[C@H]4O[C@H](CO)[C@@H](O)[C@H](O)[C@@H]4O[C@@H]4O[C@H](CO)[C@@H](O)[C@H](O)[C@H]4NC(C)=O)[C@@H](O)[C@H](O[C@H]4O[C@H](CO)[C@@H](O)[C@H](O)[C@@H]4O[C@@H]4O[C@H](CO)[C@@H](O[C@@H]5O[C@H](CO)[C@H](O)[C@H](O[C@H]6O[C@H](CO)[C@H](O)[C@H](O)[C@H]6O)[C@H]5O)[C@H](O)[C@H]4NC(C)=O)[C@@H]3O)[C@H](O)[C@H]2NC(C)=O)[C@@H](CO[C@@H]2O[C@@H](C)[C@@H](O)[C@@H](O)[C@@H]2O)O[C@H]1O. The Kier molecular flexibility index (Phi) is 35.8. The summed E-state index contributed by atoms with van der Waals surface area (Å²) >= 11 is 0. The predicted octanol–water partition coefficient (Wildman–Crippen LogP) is -21.2. The number of carbonyl (C=O) groups excluding carboxylic acids is 4. The van der Waals surface area contributed by atoms with Gasteiger partial charge in [0, 0.05) is 27.7 Å². The van der Waals surface area contributed by atoms with Gasteiger partial charge in [0.2, 0.25) is 23.6 Å². The van der Waals surface area contributed by atoms with Gasteiger partial charge in [-0.3, -0.25) is 19.2 Å². The third-order valence-electron chi connectivity index (χ3n) is 22.4. The summed E-state index contributed by atoms with van der Waals surface area (Å²) in [5.41, 5.74) is 0. The molecule has 706 valence electrons. The standard InChI is InChI=1S/C68H114N4O50/c1-15-33(84)44(95)48(99)63(106-15)104-14-28-54(41(92)29(59(103)107-28)69-16(2)80)116-61-31(71-18(4)82)42(93)53(25(11-78)113-61)118-66-51(102)56(39(90)27(115-66)13-105-67-57(46(97)36(87)22(8-75)111-67)121-60-30(70-17(3)81)40(91)34(85)20(6-73)108-60)120-68-58(47(98)37(88)23(9-76)112-68)122-62-32(72-19(5)83)43(94)52(26(12-79)114-62)117-65-50(101)55(38(89)24(10-77)110-65)119-64-49(100)45(96)35(86)21(7-74)109-64/h15,20-68,73-79,84-103H,6-14H2,1-5H3,(H,69,80)(H,70,81)(H,71,82)(H,72,83)/t15-,20+,21+,22+,23+,24+,25+,26+,27+,28+,29+,30+,31+,32+,33+,34+,35-,36+,37+,38-,39+,40+,41+,42+,43+,44+,45-,46-,47-,48-,49+,50+,51-,52+,53+,54+,55-,56-,57-,58-,59+,60-,61-,62-,63+,64+,65-,66-,67-,68+/m0/s1. The Morgan fingerprint density at radius 3 is 0.959 bits per heavy atom. The molecule has 122 heavy (non-hydrogen) atoms. The number of carbonyl (C=O) groups is 4. The zero-order valence-electron chi connectivity index (χ0n) is 65.7. The number of amides is 4. The highest BCUT2D eigenvalue weighted by atomic mass is 16.8. The Labute approximate surface area is 691 Å². The van der Waals surface area contributed by atoms with Crippen LogP contribution < -0.4 is 21.3 Å². The average Bonchev–Trinajstić information content (AvgIpc) is 0.765. The fourth-order valence-electron chi connectivity index (χ4n) is 15.8. The molecule has 0 aromatic heterocycles. The maximum atomic E-state index is 13.2. The van der Waals surface area contributed by atoms with E-state index < -0.39 is 390 Å². The lowest BCUT2D eigenvalue weighted by molar-refractivity contribution is -0.400. The molecule has 4 amide bonds. The Morgan fingerprint density at radius 2 is 0.508 bits per heavy atom. The first-order valence-electron chi connectivity index (χ1n) is 39.0. The monoisotopic (exact) mass is 1790 g/mol. The van der Waals surface area contributed by atoms with Gasteiger partial charge in [-0.25, -0.2) is 0 Å². The van der Waals surface area contributed by atoms with Crippen LogP contribution in [0.2, 0.25) is 0 Å². The van der Waals surface area contributed by atoms with Crippen molar-refractivity contribution in [3.8, 4) is 0 Å². The number of aliphatic hydroxyl groups excluding tert-OH is 27. The molecular formula is C68H114N4O50. The molecule has 0 unspecified atom stereocenters. The molecule has 31 N–H and O–H groups in total. The van der Waals surface area contributed by atoms with E-state index in [1.807, 2.05) is 0 Å². The molecule has 0 spiro atoms. The molecule has 50 atom stereocenters. The molecule has 0 aromatic carbocycles. The molecule has 0 aromatic rings. The highest BCUT2D eigenvalue weighted by Gasteiger charge is 2.62. The second-order valence-electron chi connectivity index (χ2n) is 31.0. The molecule has 54 heteroatoms.